The topological polar surface area (TPSA) is 28.0 Å². The molecule has 0 spiro atoms. The van der Waals surface area contributed by atoms with Gasteiger partial charge in [-0.15, -0.1) is 0 Å². The van der Waals surface area contributed by atoms with E-state index in [1.54, 1.807) is 0 Å². The maximum atomic E-state index is 6.01. The molecule has 80 valence electrons. The van der Waals surface area contributed by atoms with Gasteiger partial charge >= 0.3 is 0 Å². The number of hydrogen-bond acceptors (Lipinski definition) is 3. The van der Waals surface area contributed by atoms with Gasteiger partial charge in [0, 0.05) is 25.4 Å². The van der Waals surface area contributed by atoms with Gasteiger partial charge in [0.15, 0.2) is 0 Å². The van der Waals surface area contributed by atoms with Crippen molar-refractivity contribution in [2.45, 2.75) is 20.3 Å². The van der Waals surface area contributed by atoms with E-state index in [-0.39, 0.29) is 0 Å². The first-order valence-electron chi connectivity index (χ1n) is 4.36. The van der Waals surface area contributed by atoms with Gasteiger partial charge in [-0.1, -0.05) is 6.92 Å². The number of halogens is 2. The van der Waals surface area contributed by atoms with Crippen molar-refractivity contribution in [3.05, 3.63) is 11.4 Å². The summed E-state index contributed by atoms with van der Waals surface area (Å²) < 4.78 is 8.51. The van der Waals surface area contributed by atoms with Crippen molar-refractivity contribution in [1.82, 2.24) is 4.90 Å². The minimum Gasteiger partial charge on any atom is -0.362 e. The molecule has 0 aromatic rings. The normalized spacial score (nSPS) is 20.3. The molecule has 0 aliphatic carbocycles. The van der Waals surface area contributed by atoms with Gasteiger partial charge in [-0.3, -0.25) is 0 Å². The quantitative estimate of drug-likeness (QED) is 0.682. The van der Waals surface area contributed by atoms with Crippen LogP contribution < -0.4 is 0 Å². The predicted molar refractivity (Wildman–Crippen MR) is 65.2 cm³/mol. The second kappa shape index (κ2) is 4.26. The molecule has 0 unspecified atom stereocenters. The minimum atomic E-state index is -2.50. The van der Waals surface area contributed by atoms with Crippen molar-refractivity contribution >= 4 is 34.1 Å². The number of rotatable bonds is 2. The summed E-state index contributed by atoms with van der Waals surface area (Å²) in [5.74, 6) is -1.66. The highest BCUT2D eigenvalue weighted by Crippen LogP contribution is 2.64. The monoisotopic (exact) mass is 253 g/mol. The zero-order valence-corrected chi connectivity index (χ0v) is 11.2. The second-order valence-electron chi connectivity index (χ2n) is 3.30. The van der Waals surface area contributed by atoms with E-state index in [0.29, 0.717) is 0 Å². The van der Waals surface area contributed by atoms with Crippen LogP contribution in [-0.4, -0.2) is 24.7 Å². The molecule has 1 aliphatic heterocycles. The van der Waals surface area contributed by atoms with Crippen LogP contribution >= 0.6 is 28.4 Å². The largest absolute Gasteiger partial charge is 0.362 e. The summed E-state index contributed by atoms with van der Waals surface area (Å²) in [6.07, 6.45) is 0.833. The second-order valence-corrected chi connectivity index (χ2v) is 7.96. The third-order valence-electron chi connectivity index (χ3n) is 1.98. The first-order valence-corrected chi connectivity index (χ1v) is 7.87. The van der Waals surface area contributed by atoms with Gasteiger partial charge < -0.3 is 4.90 Å². The number of hydrogen-bond donors (Lipinski definition) is 0. The molecule has 0 aromatic carbocycles. The van der Waals surface area contributed by atoms with Crippen LogP contribution in [0, 0.1) is 0 Å². The Morgan fingerprint density at radius 2 is 1.93 bits per heavy atom. The molecule has 6 heteroatoms. The van der Waals surface area contributed by atoms with Crippen LogP contribution in [0.15, 0.2) is 20.9 Å². The van der Waals surface area contributed by atoms with Gasteiger partial charge in [0.2, 0.25) is 0 Å². The lowest BCUT2D eigenvalue weighted by Crippen LogP contribution is -2.16. The van der Waals surface area contributed by atoms with Gasteiger partial charge in [-0.2, -0.15) is 4.74 Å². The van der Waals surface area contributed by atoms with E-state index in [2.05, 4.69) is 9.51 Å². The molecule has 3 nitrogen and oxygen atoms in total. The molecule has 1 aliphatic rings. The van der Waals surface area contributed by atoms with Gasteiger partial charge in [0.1, 0.15) is 5.82 Å². The van der Waals surface area contributed by atoms with E-state index in [4.69, 9.17) is 22.5 Å². The molecule has 0 radical (unpaired) electrons. The smallest absolute Gasteiger partial charge is 0.255 e. The molecule has 0 amide bonds. The Morgan fingerprint density at radius 1 is 1.36 bits per heavy atom. The van der Waals surface area contributed by atoms with Crippen LogP contribution in [0.25, 0.3) is 0 Å². The van der Waals surface area contributed by atoms with Crippen LogP contribution in [0.5, 0.6) is 0 Å². The van der Waals surface area contributed by atoms with Gasteiger partial charge in [0.25, 0.3) is 5.91 Å². The summed E-state index contributed by atoms with van der Waals surface area (Å²) >= 11 is 12.0. The van der Waals surface area contributed by atoms with E-state index in [1.165, 1.54) is 0 Å². The minimum absolute atomic E-state index is 0.833. The summed E-state index contributed by atoms with van der Waals surface area (Å²) in [5.41, 5.74) is 2.02. The molecule has 0 saturated heterocycles. The van der Waals surface area contributed by atoms with Gasteiger partial charge in [-0.05, 0) is 35.8 Å². The number of nitrogens with zero attached hydrogens (tertiary/aromatic N) is 3. The Bertz CT molecular complexity index is 352. The highest BCUT2D eigenvalue weighted by atomic mass is 35.9. The molecule has 14 heavy (non-hydrogen) atoms. The van der Waals surface area contributed by atoms with E-state index < -0.39 is 5.91 Å². The fourth-order valence-electron chi connectivity index (χ4n) is 1.32. The highest BCUT2D eigenvalue weighted by molar-refractivity contribution is 8.09. The molecule has 0 N–H and O–H groups in total. The average molecular weight is 254 g/mol. The maximum absolute atomic E-state index is 6.01. The van der Waals surface area contributed by atoms with Crippen LogP contribution in [0.2, 0.25) is 0 Å². The summed E-state index contributed by atoms with van der Waals surface area (Å²) in [4.78, 5) is 1.92. The first kappa shape index (κ1) is 12.1. The van der Waals surface area contributed by atoms with E-state index >= 15 is 0 Å². The third-order valence-corrected chi connectivity index (χ3v) is 3.80. The van der Waals surface area contributed by atoms with Gasteiger partial charge in [0.05, 0.1) is 0 Å². The summed E-state index contributed by atoms with van der Waals surface area (Å²) in [7, 11) is 3.85. The Labute approximate surface area is 94.5 Å². The SMILES string of the molecule is CCC1=NP(Cl)(Cl)=NC(N(C)C)=C1C. The lowest BCUT2D eigenvalue weighted by molar-refractivity contribution is 0.504. The molecule has 0 atom stereocenters. The Morgan fingerprint density at radius 3 is 2.36 bits per heavy atom. The fourth-order valence-corrected chi connectivity index (χ4v) is 3.48. The van der Waals surface area contributed by atoms with Crippen molar-refractivity contribution < 1.29 is 0 Å². The van der Waals surface area contributed by atoms with Gasteiger partial charge in [-0.25, -0.2) is 4.76 Å². The molecular weight excluding hydrogens is 240 g/mol. The lowest BCUT2D eigenvalue weighted by Gasteiger charge is -2.22. The molecule has 0 fully saturated rings. The van der Waals surface area contributed by atoms with Crippen molar-refractivity contribution in [3.8, 4) is 0 Å². The van der Waals surface area contributed by atoms with Crippen LogP contribution in [0.4, 0.5) is 0 Å². The molecule has 0 bridgehead atoms. The van der Waals surface area contributed by atoms with Crippen LogP contribution in [0.1, 0.15) is 20.3 Å². The highest BCUT2D eigenvalue weighted by Gasteiger charge is 2.22. The van der Waals surface area contributed by atoms with Crippen molar-refractivity contribution in [3.63, 3.8) is 0 Å². The lowest BCUT2D eigenvalue weighted by atomic mass is 10.1. The molecule has 0 saturated carbocycles. The molecule has 1 rings (SSSR count). The molecule has 1 heterocycles. The fraction of sp³-hybridized carbons (Fsp3) is 0.625. The zero-order valence-electron chi connectivity index (χ0n) is 8.75. The van der Waals surface area contributed by atoms with E-state index in [1.807, 2.05) is 32.8 Å². The number of allylic oxidation sites excluding steroid dienone is 1. The molecule has 0 aromatic heterocycles. The van der Waals surface area contributed by atoms with Crippen molar-refractivity contribution in [1.29, 1.82) is 0 Å². The van der Waals surface area contributed by atoms with Crippen LogP contribution in [0.3, 0.4) is 0 Å². The summed E-state index contributed by atoms with van der Waals surface area (Å²) in [6, 6.07) is 0. The predicted octanol–water partition coefficient (Wildman–Crippen LogP) is 4.07. The Hall–Kier alpha value is 0.0200. The van der Waals surface area contributed by atoms with E-state index in [9.17, 15) is 0 Å². The van der Waals surface area contributed by atoms with Crippen molar-refractivity contribution in [2.75, 3.05) is 14.1 Å². The van der Waals surface area contributed by atoms with Crippen molar-refractivity contribution in [2.24, 2.45) is 9.51 Å². The van der Waals surface area contributed by atoms with Crippen LogP contribution in [-0.2, 0) is 0 Å². The van der Waals surface area contributed by atoms with E-state index in [0.717, 1.165) is 23.5 Å². The zero-order chi connectivity index (χ0) is 10.9. The standard InChI is InChI=1S/C8H14Cl2N3P/c1-5-7-6(2)8(13(3)4)12-14(9,10)11-7/h5H2,1-4H3. The Kier molecular flexibility index (Phi) is 3.68. The summed E-state index contributed by atoms with van der Waals surface area (Å²) in [5, 5.41) is 0. The average Bonchev–Trinajstić information content (AvgIpc) is 2.08. The molecular formula is C8H14Cl2N3P. The maximum Gasteiger partial charge on any atom is 0.255 e. The third kappa shape index (κ3) is 2.53. The Balaban J connectivity index is 3.29. The first-order chi connectivity index (χ1) is 6.37. The summed E-state index contributed by atoms with van der Waals surface area (Å²) in [6.45, 7) is 4.03.